The topological polar surface area (TPSA) is 84.5 Å². The highest BCUT2D eigenvalue weighted by molar-refractivity contribution is 7.89. The maximum absolute atomic E-state index is 12.6. The Kier molecular flexibility index (Phi) is 6.73. The SMILES string of the molecule is CNS(=O)(=O)c1cc(C(=O)NC(C)c2cccc(OC(F)F)c2)cc(C)c1C. The van der Waals surface area contributed by atoms with Crippen molar-refractivity contribution in [1.82, 2.24) is 10.0 Å². The van der Waals surface area contributed by atoms with E-state index in [1.54, 1.807) is 39.0 Å². The van der Waals surface area contributed by atoms with Crippen molar-refractivity contribution in [2.45, 2.75) is 38.3 Å². The van der Waals surface area contributed by atoms with Crippen molar-refractivity contribution in [3.63, 3.8) is 0 Å². The maximum Gasteiger partial charge on any atom is 0.387 e. The molecular formula is C19H22F2N2O4S. The second-order valence-electron chi connectivity index (χ2n) is 6.27. The molecule has 2 aromatic carbocycles. The van der Waals surface area contributed by atoms with Gasteiger partial charge in [0.2, 0.25) is 10.0 Å². The van der Waals surface area contributed by atoms with E-state index in [2.05, 4.69) is 14.8 Å². The van der Waals surface area contributed by atoms with Crippen LogP contribution in [0.4, 0.5) is 8.78 Å². The van der Waals surface area contributed by atoms with Gasteiger partial charge in [0, 0.05) is 5.56 Å². The van der Waals surface area contributed by atoms with E-state index in [0.29, 0.717) is 16.7 Å². The highest BCUT2D eigenvalue weighted by atomic mass is 32.2. The molecule has 0 aliphatic carbocycles. The van der Waals surface area contributed by atoms with Gasteiger partial charge in [-0.25, -0.2) is 13.1 Å². The number of rotatable bonds is 7. The molecule has 0 radical (unpaired) electrons. The van der Waals surface area contributed by atoms with Crippen molar-refractivity contribution < 1.29 is 26.7 Å². The zero-order valence-electron chi connectivity index (χ0n) is 15.9. The van der Waals surface area contributed by atoms with Gasteiger partial charge in [-0.05, 0) is 68.8 Å². The molecule has 1 amide bonds. The van der Waals surface area contributed by atoms with Crippen molar-refractivity contribution in [1.29, 1.82) is 0 Å². The maximum atomic E-state index is 12.6. The molecule has 0 bridgehead atoms. The highest BCUT2D eigenvalue weighted by Crippen LogP contribution is 2.23. The zero-order valence-corrected chi connectivity index (χ0v) is 16.7. The fourth-order valence-corrected chi connectivity index (χ4v) is 3.74. The van der Waals surface area contributed by atoms with Crippen molar-refractivity contribution >= 4 is 15.9 Å². The van der Waals surface area contributed by atoms with E-state index < -0.39 is 28.6 Å². The smallest absolute Gasteiger partial charge is 0.387 e. The highest BCUT2D eigenvalue weighted by Gasteiger charge is 2.20. The third kappa shape index (κ3) is 5.05. The number of amides is 1. The van der Waals surface area contributed by atoms with Gasteiger partial charge in [0.15, 0.2) is 0 Å². The Morgan fingerprint density at radius 1 is 1.14 bits per heavy atom. The summed E-state index contributed by atoms with van der Waals surface area (Å²) >= 11 is 0. The molecule has 0 saturated heterocycles. The van der Waals surface area contributed by atoms with Gasteiger partial charge in [0.1, 0.15) is 5.75 Å². The van der Waals surface area contributed by atoms with Crippen LogP contribution in [0.5, 0.6) is 5.75 Å². The molecule has 1 unspecified atom stereocenters. The fourth-order valence-electron chi connectivity index (χ4n) is 2.67. The molecule has 2 N–H and O–H groups in total. The van der Waals surface area contributed by atoms with E-state index in [4.69, 9.17) is 0 Å². The summed E-state index contributed by atoms with van der Waals surface area (Å²) in [5, 5.41) is 2.74. The third-order valence-corrected chi connectivity index (χ3v) is 5.91. The summed E-state index contributed by atoms with van der Waals surface area (Å²) in [6, 6.07) is 8.41. The molecule has 0 spiro atoms. The minimum absolute atomic E-state index is 0.0119. The number of carbonyl (C=O) groups is 1. The molecule has 0 saturated carbocycles. The first-order chi connectivity index (χ1) is 13.0. The molecule has 0 fully saturated rings. The third-order valence-electron chi connectivity index (χ3n) is 4.37. The van der Waals surface area contributed by atoms with Crippen LogP contribution in [-0.4, -0.2) is 28.0 Å². The summed E-state index contributed by atoms with van der Waals surface area (Å²) in [7, 11) is -2.42. The Morgan fingerprint density at radius 2 is 1.82 bits per heavy atom. The molecule has 9 heteroatoms. The number of alkyl halides is 2. The number of ether oxygens (including phenoxy) is 1. The number of aryl methyl sites for hydroxylation is 1. The first-order valence-electron chi connectivity index (χ1n) is 8.45. The molecular weight excluding hydrogens is 390 g/mol. The van der Waals surface area contributed by atoms with Crippen molar-refractivity contribution in [3.8, 4) is 5.75 Å². The van der Waals surface area contributed by atoms with Gasteiger partial charge in [0.05, 0.1) is 10.9 Å². The summed E-state index contributed by atoms with van der Waals surface area (Å²) in [4.78, 5) is 12.7. The van der Waals surface area contributed by atoms with Crippen LogP contribution in [-0.2, 0) is 10.0 Å². The van der Waals surface area contributed by atoms with Crippen molar-refractivity contribution in [2.24, 2.45) is 0 Å². The standard InChI is InChI=1S/C19H22F2N2O4S/c1-11-8-15(10-17(12(11)2)28(25,26)22-4)18(24)23-13(3)14-6-5-7-16(9-14)27-19(20)21/h5-10,13,19,22H,1-4H3,(H,23,24). The van der Waals surface area contributed by atoms with Crippen LogP contribution in [0.2, 0.25) is 0 Å². The van der Waals surface area contributed by atoms with E-state index in [-0.39, 0.29) is 16.2 Å². The summed E-state index contributed by atoms with van der Waals surface area (Å²) in [6.45, 7) is 2.13. The van der Waals surface area contributed by atoms with Crippen molar-refractivity contribution in [3.05, 3.63) is 58.7 Å². The number of carbonyl (C=O) groups excluding carboxylic acids is 1. The molecule has 1 atom stereocenters. The van der Waals surface area contributed by atoms with E-state index in [1.807, 2.05) is 0 Å². The zero-order chi connectivity index (χ0) is 21.1. The molecule has 0 aliphatic heterocycles. The molecule has 152 valence electrons. The summed E-state index contributed by atoms with van der Waals surface area (Å²) < 4.78 is 55.8. The van der Waals surface area contributed by atoms with Crippen LogP contribution in [0.1, 0.15) is 40.0 Å². The predicted octanol–water partition coefficient (Wildman–Crippen LogP) is 3.30. The lowest BCUT2D eigenvalue weighted by Crippen LogP contribution is -2.27. The van der Waals surface area contributed by atoms with E-state index in [1.165, 1.54) is 25.2 Å². The Hall–Kier alpha value is -2.52. The van der Waals surface area contributed by atoms with Gasteiger partial charge in [0.25, 0.3) is 5.91 Å². The molecule has 6 nitrogen and oxygen atoms in total. The summed E-state index contributed by atoms with van der Waals surface area (Å²) in [5.74, 6) is -0.495. The number of sulfonamides is 1. The van der Waals surface area contributed by atoms with Gasteiger partial charge in [-0.3, -0.25) is 4.79 Å². The lowest BCUT2D eigenvalue weighted by Gasteiger charge is -2.17. The summed E-state index contributed by atoms with van der Waals surface area (Å²) in [6.07, 6.45) is 0. The molecule has 0 aromatic heterocycles. The lowest BCUT2D eigenvalue weighted by atomic mass is 10.0. The van der Waals surface area contributed by atoms with Crippen LogP contribution in [0.3, 0.4) is 0 Å². The monoisotopic (exact) mass is 412 g/mol. The average Bonchev–Trinajstić information content (AvgIpc) is 2.63. The first-order valence-corrected chi connectivity index (χ1v) is 9.94. The Bertz CT molecular complexity index is 978. The minimum atomic E-state index is -3.72. The predicted molar refractivity (Wildman–Crippen MR) is 101 cm³/mol. The van der Waals surface area contributed by atoms with Crippen LogP contribution >= 0.6 is 0 Å². The Morgan fingerprint density at radius 3 is 2.43 bits per heavy atom. The second-order valence-corrected chi connectivity index (χ2v) is 8.12. The van der Waals surface area contributed by atoms with Crippen LogP contribution in [0, 0.1) is 13.8 Å². The molecule has 0 heterocycles. The minimum Gasteiger partial charge on any atom is -0.435 e. The Labute approximate surface area is 163 Å². The number of halogens is 2. The van der Waals surface area contributed by atoms with Gasteiger partial charge >= 0.3 is 6.61 Å². The normalized spacial score (nSPS) is 12.7. The molecule has 28 heavy (non-hydrogen) atoms. The summed E-state index contributed by atoms with van der Waals surface area (Å²) in [5.41, 5.74) is 1.96. The quantitative estimate of drug-likeness (QED) is 0.731. The number of hydrogen-bond donors (Lipinski definition) is 2. The van der Waals surface area contributed by atoms with E-state index in [0.717, 1.165) is 0 Å². The lowest BCUT2D eigenvalue weighted by molar-refractivity contribution is -0.0499. The van der Waals surface area contributed by atoms with Crippen molar-refractivity contribution in [2.75, 3.05) is 7.05 Å². The second kappa shape index (κ2) is 8.66. The van der Waals surface area contributed by atoms with Gasteiger partial charge < -0.3 is 10.1 Å². The first kappa shape index (κ1) is 21.8. The van der Waals surface area contributed by atoms with Crippen LogP contribution in [0.15, 0.2) is 41.3 Å². The van der Waals surface area contributed by atoms with E-state index in [9.17, 15) is 22.0 Å². The fraction of sp³-hybridized carbons (Fsp3) is 0.316. The number of benzene rings is 2. The van der Waals surface area contributed by atoms with Gasteiger partial charge in [-0.15, -0.1) is 0 Å². The average molecular weight is 412 g/mol. The van der Waals surface area contributed by atoms with Gasteiger partial charge in [-0.1, -0.05) is 12.1 Å². The molecule has 0 aliphatic rings. The van der Waals surface area contributed by atoms with Crippen LogP contribution in [0.25, 0.3) is 0 Å². The largest absolute Gasteiger partial charge is 0.435 e. The van der Waals surface area contributed by atoms with Crippen LogP contribution < -0.4 is 14.8 Å². The number of nitrogens with one attached hydrogen (secondary N) is 2. The van der Waals surface area contributed by atoms with E-state index >= 15 is 0 Å². The molecule has 2 rings (SSSR count). The molecule has 2 aromatic rings. The Balaban J connectivity index is 2.28. The van der Waals surface area contributed by atoms with Gasteiger partial charge in [-0.2, -0.15) is 8.78 Å². The number of hydrogen-bond acceptors (Lipinski definition) is 4.